The first-order chi connectivity index (χ1) is 29.4. The summed E-state index contributed by atoms with van der Waals surface area (Å²) in [5.41, 5.74) is 7.74. The van der Waals surface area contributed by atoms with E-state index in [1.54, 1.807) is 18.2 Å². The minimum atomic E-state index is -1.36. The van der Waals surface area contributed by atoms with Crippen LogP contribution in [0.5, 0.6) is 11.5 Å². The second-order valence-corrected chi connectivity index (χ2v) is 16.8. The second-order valence-electron chi connectivity index (χ2n) is 15.3. The van der Waals surface area contributed by atoms with Crippen molar-refractivity contribution in [1.29, 1.82) is 0 Å². The summed E-state index contributed by atoms with van der Waals surface area (Å²) in [5, 5.41) is 24.9. The number of phenolic OH excluding ortho intramolecular Hbond substituents is 2. The number of allylic oxidation sites excluding steroid dienone is 1. The fourth-order valence-electron chi connectivity index (χ4n) is 7.12. The van der Waals surface area contributed by atoms with Gasteiger partial charge in [0.15, 0.2) is 11.0 Å². The van der Waals surface area contributed by atoms with Crippen LogP contribution in [0.4, 0.5) is 10.5 Å². The molecular weight excluding hydrogens is 807 g/mol. The van der Waals surface area contributed by atoms with Gasteiger partial charge >= 0.3 is 6.03 Å². The third-order valence-corrected chi connectivity index (χ3v) is 11.8. The molecule has 0 saturated carbocycles. The molecule has 2 unspecified atom stereocenters. The van der Waals surface area contributed by atoms with Crippen molar-refractivity contribution >= 4 is 46.5 Å². The first-order valence-electron chi connectivity index (χ1n) is 20.4. The monoisotopic (exact) mass is 869 g/mol. The van der Waals surface area contributed by atoms with E-state index >= 15 is 0 Å². The van der Waals surface area contributed by atoms with Gasteiger partial charge in [0.05, 0.1) is 0 Å². The maximum absolute atomic E-state index is 12.4. The molecule has 1 heterocycles. The smallest absolute Gasteiger partial charge is 0.328 e. The van der Waals surface area contributed by atoms with E-state index in [1.807, 2.05) is 86.6 Å². The Bertz CT molecular complexity index is 1970. The Morgan fingerprint density at radius 1 is 0.823 bits per heavy atom. The van der Waals surface area contributed by atoms with Crippen LogP contribution in [0.15, 0.2) is 122 Å². The Morgan fingerprint density at radius 2 is 1.34 bits per heavy atom. The number of aromatic hydroxyl groups is 2. The lowest BCUT2D eigenvalue weighted by atomic mass is 9.70. The zero-order chi connectivity index (χ0) is 46.4. The zero-order valence-corrected chi connectivity index (χ0v) is 37.6. The van der Waals surface area contributed by atoms with Crippen LogP contribution >= 0.6 is 0 Å². The molecule has 0 aliphatic carbocycles. The van der Waals surface area contributed by atoms with Crippen LogP contribution in [0.25, 0.3) is 0 Å². The molecule has 0 radical (unpaired) electrons. The van der Waals surface area contributed by atoms with Crippen LogP contribution < -0.4 is 21.7 Å². The summed E-state index contributed by atoms with van der Waals surface area (Å²) in [6, 6.07) is 32.3. The predicted octanol–water partition coefficient (Wildman–Crippen LogP) is 7.41. The first-order valence-corrected chi connectivity index (χ1v) is 21.8. The minimum Gasteiger partial charge on any atom is -0.615 e. The Hall–Kier alpha value is -5.96. The molecule has 4 atom stereocenters. The third-order valence-electron chi connectivity index (χ3n) is 10.2. The molecular formula is C48H63N5O8S. The van der Waals surface area contributed by atoms with Crippen LogP contribution in [-0.4, -0.2) is 75.7 Å². The SMILES string of the molecule is C=CCC1(C(C)CC)C(=O)NC(=O)NC1=O.CC(=O)Nc1ccc(O)cc1.CC[C@@H](c1cccc(O)c1)[C@@H](C)CN(C)C.NC(=O)C[S+]([O-])C(c1ccccc1)c1ccccc1. The average molecular weight is 870 g/mol. The molecule has 1 aliphatic rings. The van der Waals surface area contributed by atoms with Gasteiger partial charge in [-0.05, 0) is 97.8 Å². The molecule has 14 heteroatoms. The number of benzene rings is 4. The van der Waals surface area contributed by atoms with Gasteiger partial charge in [0.2, 0.25) is 17.7 Å². The number of barbiturate groups is 1. The van der Waals surface area contributed by atoms with Gasteiger partial charge in [-0.2, -0.15) is 0 Å². The highest BCUT2D eigenvalue weighted by atomic mass is 32.2. The summed E-state index contributed by atoms with van der Waals surface area (Å²) in [6.45, 7) is 14.3. The van der Waals surface area contributed by atoms with Crippen molar-refractivity contribution in [2.75, 3.05) is 31.7 Å². The van der Waals surface area contributed by atoms with Crippen LogP contribution in [0.1, 0.15) is 81.7 Å². The molecule has 1 saturated heterocycles. The predicted molar refractivity (Wildman–Crippen MR) is 247 cm³/mol. The minimum absolute atomic E-state index is 0.115. The average Bonchev–Trinajstić information content (AvgIpc) is 3.21. The molecule has 0 aromatic heterocycles. The van der Waals surface area contributed by atoms with Crippen LogP contribution in [-0.2, 0) is 30.4 Å². The zero-order valence-electron chi connectivity index (χ0n) is 36.8. The van der Waals surface area contributed by atoms with Crippen LogP contribution in [0.2, 0.25) is 0 Å². The third kappa shape index (κ3) is 16.5. The van der Waals surface area contributed by atoms with E-state index in [-0.39, 0.29) is 35.0 Å². The van der Waals surface area contributed by atoms with E-state index in [0.29, 0.717) is 29.7 Å². The lowest BCUT2D eigenvalue weighted by Gasteiger charge is -2.37. The molecule has 1 aliphatic heterocycles. The van der Waals surface area contributed by atoms with Crippen LogP contribution in [0, 0.1) is 17.3 Å². The second kappa shape index (κ2) is 26.4. The Labute approximate surface area is 369 Å². The number of carbonyl (C=O) groups excluding carboxylic acids is 5. The molecule has 6 amide bonds. The van der Waals surface area contributed by atoms with Gasteiger partial charge in [0.25, 0.3) is 5.91 Å². The molecule has 13 nitrogen and oxygen atoms in total. The standard InChI is InChI=1S/C15H15NO2S.C14H23NO.C11H16N2O3.C8H9NO2/c16-14(17)11-19(18)15(12-7-3-1-4-8-12)13-9-5-2-6-10-13;1-5-14(11(2)10-15(3)4)12-7-6-8-13(16)9-12;1-4-6-11(7(3)5-2)8(14)12-10(16)13-9(11)15;1-6(10)9-7-2-4-8(11)5-3-7/h1-10,15H,11H2,(H2,16,17);6-9,11,14,16H,5,10H2,1-4H3;4,7H,1,5-6H2,2-3H3,(H2,12,13,14,15,16);2-5,11H,1H3,(H,9,10)/t;11-,14+;;/m.0../s1. The molecule has 0 spiro atoms. The first kappa shape index (κ1) is 52.2. The van der Waals surface area contributed by atoms with E-state index in [4.69, 9.17) is 10.8 Å². The van der Waals surface area contributed by atoms with Crippen molar-refractivity contribution in [1.82, 2.24) is 15.5 Å². The number of nitrogens with zero attached hydrogens (tertiary/aromatic N) is 1. The number of amides is 6. The van der Waals surface area contributed by atoms with Crippen molar-refractivity contribution < 1.29 is 38.7 Å². The van der Waals surface area contributed by atoms with Gasteiger partial charge in [0.1, 0.15) is 16.9 Å². The number of carbonyl (C=O) groups is 5. The van der Waals surface area contributed by atoms with Crippen molar-refractivity contribution in [3.63, 3.8) is 0 Å². The molecule has 0 bridgehead atoms. The number of hydrogen-bond acceptors (Lipinski definition) is 9. The van der Waals surface area contributed by atoms with Gasteiger partial charge < -0.3 is 30.7 Å². The summed E-state index contributed by atoms with van der Waals surface area (Å²) in [7, 11) is 4.21. The molecule has 334 valence electrons. The van der Waals surface area contributed by atoms with Crippen molar-refractivity contribution in [3.8, 4) is 11.5 Å². The fourth-order valence-corrected chi connectivity index (χ4v) is 8.49. The van der Waals surface area contributed by atoms with Gasteiger partial charge in [-0.3, -0.25) is 29.8 Å². The van der Waals surface area contributed by atoms with Crippen molar-refractivity contribution in [3.05, 3.63) is 139 Å². The largest absolute Gasteiger partial charge is 0.615 e. The number of anilines is 1. The van der Waals surface area contributed by atoms with E-state index in [0.717, 1.165) is 24.1 Å². The molecule has 7 N–H and O–H groups in total. The molecule has 5 rings (SSSR count). The van der Waals surface area contributed by atoms with E-state index in [2.05, 4.69) is 61.4 Å². The van der Waals surface area contributed by atoms with Crippen LogP contribution in [0.3, 0.4) is 0 Å². The van der Waals surface area contributed by atoms with E-state index in [1.165, 1.54) is 30.7 Å². The van der Waals surface area contributed by atoms with Gasteiger partial charge in [-0.1, -0.05) is 113 Å². The summed E-state index contributed by atoms with van der Waals surface area (Å²) in [4.78, 5) is 58.5. The highest BCUT2D eigenvalue weighted by Crippen LogP contribution is 2.36. The normalized spacial score (nSPS) is 14.7. The lowest BCUT2D eigenvalue weighted by molar-refractivity contribution is -0.148. The quantitative estimate of drug-likeness (QED) is 0.0303. The Balaban J connectivity index is 0.000000289. The molecule has 1 fully saturated rings. The number of phenols is 2. The summed E-state index contributed by atoms with van der Waals surface area (Å²) >= 11 is -1.36. The summed E-state index contributed by atoms with van der Waals surface area (Å²) < 4.78 is 12.4. The highest BCUT2D eigenvalue weighted by molar-refractivity contribution is 7.92. The number of nitrogens with one attached hydrogen (secondary N) is 3. The fraction of sp³-hybridized carbons (Fsp3) is 0.354. The van der Waals surface area contributed by atoms with E-state index < -0.39 is 40.3 Å². The lowest BCUT2D eigenvalue weighted by Crippen LogP contribution is -2.64. The summed E-state index contributed by atoms with van der Waals surface area (Å²) in [6.07, 6.45) is 3.54. The number of nitrogens with two attached hydrogens (primary N) is 1. The summed E-state index contributed by atoms with van der Waals surface area (Å²) in [5.74, 6) is -0.326. The number of primary amides is 1. The number of urea groups is 1. The maximum atomic E-state index is 12.4. The number of hydrogen-bond donors (Lipinski definition) is 6. The molecule has 4 aromatic rings. The Morgan fingerprint density at radius 3 is 1.76 bits per heavy atom. The topological polar surface area (TPSA) is 214 Å². The Kier molecular flexibility index (Phi) is 22.2. The maximum Gasteiger partial charge on any atom is 0.328 e. The van der Waals surface area contributed by atoms with Gasteiger partial charge in [0, 0.05) is 30.3 Å². The van der Waals surface area contributed by atoms with Crippen molar-refractivity contribution in [2.45, 2.75) is 65.0 Å². The molecule has 4 aromatic carbocycles. The number of imide groups is 2. The van der Waals surface area contributed by atoms with Gasteiger partial charge in [-0.15, -0.1) is 6.58 Å². The highest BCUT2D eigenvalue weighted by Gasteiger charge is 2.52. The van der Waals surface area contributed by atoms with Crippen molar-refractivity contribution in [2.24, 2.45) is 23.0 Å². The van der Waals surface area contributed by atoms with Gasteiger partial charge in [-0.25, -0.2) is 4.79 Å². The molecule has 62 heavy (non-hydrogen) atoms. The van der Waals surface area contributed by atoms with E-state index in [9.17, 15) is 33.6 Å². The number of rotatable bonds is 15.